The summed E-state index contributed by atoms with van der Waals surface area (Å²) >= 11 is 1.64. The Kier molecular flexibility index (Phi) is 5.74. The first-order chi connectivity index (χ1) is 7.72. The lowest BCUT2D eigenvalue weighted by Gasteiger charge is -1.97. The highest BCUT2D eigenvalue weighted by Gasteiger charge is 1.96. The molecule has 0 fully saturated rings. The number of rotatable bonds is 6. The maximum atomic E-state index is 10.9. The van der Waals surface area contributed by atoms with E-state index in [1.54, 1.807) is 24.3 Å². The molecule has 0 amide bonds. The summed E-state index contributed by atoms with van der Waals surface area (Å²) in [6, 6.07) is 0. The number of ether oxygens (including phenoxy) is 1. The van der Waals surface area contributed by atoms with Crippen molar-refractivity contribution >= 4 is 17.3 Å². The summed E-state index contributed by atoms with van der Waals surface area (Å²) in [6.45, 7) is 5.53. The van der Waals surface area contributed by atoms with Crippen molar-refractivity contribution in [2.24, 2.45) is 0 Å². The van der Waals surface area contributed by atoms with Crippen LogP contribution >= 0.6 is 11.3 Å². The normalized spacial score (nSPS) is 10.9. The molecule has 1 N–H and O–H groups in total. The van der Waals surface area contributed by atoms with E-state index in [1.165, 1.54) is 6.08 Å². The van der Waals surface area contributed by atoms with Crippen molar-refractivity contribution in [3.05, 3.63) is 28.2 Å². The van der Waals surface area contributed by atoms with Gasteiger partial charge in [0.15, 0.2) is 0 Å². The third kappa shape index (κ3) is 5.04. The van der Waals surface area contributed by atoms with Crippen LogP contribution in [0.25, 0.3) is 0 Å². The van der Waals surface area contributed by atoms with E-state index in [9.17, 15) is 4.79 Å². The van der Waals surface area contributed by atoms with Gasteiger partial charge in [-0.05, 0) is 13.8 Å². The molecule has 1 aromatic heterocycles. The van der Waals surface area contributed by atoms with Crippen molar-refractivity contribution in [1.29, 1.82) is 0 Å². The topological polar surface area (TPSA) is 51.2 Å². The van der Waals surface area contributed by atoms with Gasteiger partial charge in [-0.3, -0.25) is 0 Å². The smallest absolute Gasteiger partial charge is 0.330 e. The summed E-state index contributed by atoms with van der Waals surface area (Å²) in [5, 5.41) is 6.26. The molecule has 5 heteroatoms. The number of aromatic nitrogens is 1. The van der Waals surface area contributed by atoms with Gasteiger partial charge < -0.3 is 10.1 Å². The van der Waals surface area contributed by atoms with E-state index >= 15 is 0 Å². The highest BCUT2D eigenvalue weighted by atomic mass is 32.1. The highest BCUT2D eigenvalue weighted by molar-refractivity contribution is 7.09. The molecule has 4 nitrogen and oxygen atoms in total. The number of carbonyl (C=O) groups excluding carboxylic acids is 1. The van der Waals surface area contributed by atoms with Gasteiger partial charge in [0.05, 0.1) is 17.3 Å². The summed E-state index contributed by atoms with van der Waals surface area (Å²) in [5.41, 5.74) is 1.03. The predicted molar refractivity (Wildman–Crippen MR) is 64.3 cm³/mol. The molecule has 0 aliphatic carbocycles. The third-order valence-corrected chi connectivity index (χ3v) is 2.60. The van der Waals surface area contributed by atoms with E-state index < -0.39 is 0 Å². The van der Waals surface area contributed by atoms with Crippen LogP contribution in [-0.4, -0.2) is 24.1 Å². The van der Waals surface area contributed by atoms with E-state index in [0.717, 1.165) is 17.2 Å². The van der Waals surface area contributed by atoms with Crippen LogP contribution in [0.2, 0.25) is 0 Å². The molecule has 0 saturated heterocycles. The van der Waals surface area contributed by atoms with Crippen molar-refractivity contribution in [3.63, 3.8) is 0 Å². The Morgan fingerprint density at radius 2 is 2.50 bits per heavy atom. The van der Waals surface area contributed by atoms with E-state index in [-0.39, 0.29) is 5.97 Å². The molecule has 0 aliphatic heterocycles. The maximum Gasteiger partial charge on any atom is 0.330 e. The zero-order valence-electron chi connectivity index (χ0n) is 9.53. The number of aryl methyl sites for hydroxylation is 1. The molecule has 1 heterocycles. The summed E-state index contributed by atoms with van der Waals surface area (Å²) in [4.78, 5) is 15.2. The van der Waals surface area contributed by atoms with Crippen molar-refractivity contribution in [2.75, 3.05) is 13.2 Å². The Bertz CT molecular complexity index is 361. The van der Waals surface area contributed by atoms with Crippen LogP contribution < -0.4 is 5.32 Å². The first kappa shape index (κ1) is 12.9. The number of nitrogens with one attached hydrogen (secondary N) is 1. The third-order valence-electron chi connectivity index (χ3n) is 1.78. The molecule has 0 bridgehead atoms. The average molecular weight is 240 g/mol. The number of nitrogens with zero attached hydrogens (tertiary/aromatic N) is 1. The van der Waals surface area contributed by atoms with Gasteiger partial charge in [-0.15, -0.1) is 11.3 Å². The van der Waals surface area contributed by atoms with Crippen molar-refractivity contribution in [2.45, 2.75) is 20.4 Å². The molecule has 0 saturated carbocycles. The Morgan fingerprint density at radius 3 is 3.12 bits per heavy atom. The number of thiazole rings is 1. The Morgan fingerprint density at radius 1 is 1.69 bits per heavy atom. The van der Waals surface area contributed by atoms with Crippen molar-refractivity contribution in [3.8, 4) is 0 Å². The van der Waals surface area contributed by atoms with Crippen LogP contribution in [0.1, 0.15) is 17.6 Å². The lowest BCUT2D eigenvalue weighted by molar-refractivity contribution is -0.137. The summed E-state index contributed by atoms with van der Waals surface area (Å²) < 4.78 is 4.75. The molecular formula is C11H16N2O2S. The molecule has 1 rings (SSSR count). The van der Waals surface area contributed by atoms with Gasteiger partial charge in [-0.2, -0.15) is 0 Å². The fraction of sp³-hybridized carbons (Fsp3) is 0.455. The maximum absolute atomic E-state index is 10.9. The number of hydrogen-bond acceptors (Lipinski definition) is 5. The van der Waals surface area contributed by atoms with E-state index in [1.807, 2.05) is 12.3 Å². The van der Waals surface area contributed by atoms with Crippen molar-refractivity contribution < 1.29 is 9.53 Å². The van der Waals surface area contributed by atoms with Gasteiger partial charge in [-0.1, -0.05) is 6.08 Å². The molecule has 0 radical (unpaired) electrons. The fourth-order valence-electron chi connectivity index (χ4n) is 1.12. The van der Waals surface area contributed by atoms with Crippen LogP contribution in [0.4, 0.5) is 0 Å². The SMILES string of the molecule is CCOC(=O)/C=C/CNCc1csc(C)n1. The zero-order valence-corrected chi connectivity index (χ0v) is 10.3. The van der Waals surface area contributed by atoms with Gasteiger partial charge in [0.25, 0.3) is 0 Å². The minimum absolute atomic E-state index is 0.297. The largest absolute Gasteiger partial charge is 0.463 e. The Hall–Kier alpha value is -1.20. The van der Waals surface area contributed by atoms with Crippen LogP contribution in [0.5, 0.6) is 0 Å². The predicted octanol–water partition coefficient (Wildman–Crippen LogP) is 1.66. The van der Waals surface area contributed by atoms with Crippen LogP contribution in [-0.2, 0) is 16.1 Å². The lowest BCUT2D eigenvalue weighted by Crippen LogP contribution is -2.13. The molecule has 16 heavy (non-hydrogen) atoms. The van der Waals surface area contributed by atoms with Gasteiger partial charge in [-0.25, -0.2) is 9.78 Å². The summed E-state index contributed by atoms with van der Waals surface area (Å²) in [5.74, 6) is -0.297. The van der Waals surface area contributed by atoms with Gasteiger partial charge in [0.1, 0.15) is 0 Å². The Labute approximate surface area is 99.3 Å². The van der Waals surface area contributed by atoms with Crippen LogP contribution in [0, 0.1) is 6.92 Å². The zero-order chi connectivity index (χ0) is 11.8. The Balaban J connectivity index is 2.14. The molecule has 1 aromatic rings. The minimum atomic E-state index is -0.297. The number of esters is 1. The second-order valence-corrected chi connectivity index (χ2v) is 4.21. The molecule has 0 aromatic carbocycles. The van der Waals surface area contributed by atoms with Gasteiger partial charge in [0.2, 0.25) is 0 Å². The molecule has 0 atom stereocenters. The van der Waals surface area contributed by atoms with E-state index in [2.05, 4.69) is 10.3 Å². The van der Waals surface area contributed by atoms with E-state index in [4.69, 9.17) is 4.74 Å². The number of carbonyl (C=O) groups is 1. The second-order valence-electron chi connectivity index (χ2n) is 3.14. The summed E-state index contributed by atoms with van der Waals surface area (Å²) in [7, 11) is 0. The molecule has 0 unspecified atom stereocenters. The number of hydrogen-bond donors (Lipinski definition) is 1. The van der Waals surface area contributed by atoms with Crippen LogP contribution in [0.15, 0.2) is 17.5 Å². The monoisotopic (exact) mass is 240 g/mol. The van der Waals surface area contributed by atoms with Gasteiger partial charge >= 0.3 is 5.97 Å². The molecule has 0 spiro atoms. The van der Waals surface area contributed by atoms with Crippen molar-refractivity contribution in [1.82, 2.24) is 10.3 Å². The second kappa shape index (κ2) is 7.14. The first-order valence-corrected chi connectivity index (χ1v) is 6.05. The lowest BCUT2D eigenvalue weighted by atomic mass is 10.4. The minimum Gasteiger partial charge on any atom is -0.463 e. The average Bonchev–Trinajstić information content (AvgIpc) is 2.64. The van der Waals surface area contributed by atoms with E-state index in [0.29, 0.717) is 13.2 Å². The highest BCUT2D eigenvalue weighted by Crippen LogP contribution is 2.06. The summed E-state index contributed by atoms with van der Waals surface area (Å²) in [6.07, 6.45) is 3.18. The van der Waals surface area contributed by atoms with Crippen LogP contribution in [0.3, 0.4) is 0 Å². The molecule has 0 aliphatic rings. The first-order valence-electron chi connectivity index (χ1n) is 5.17. The quantitative estimate of drug-likeness (QED) is 0.467. The fourth-order valence-corrected chi connectivity index (χ4v) is 1.73. The molecule has 88 valence electrons. The van der Waals surface area contributed by atoms with Gasteiger partial charge in [0, 0.05) is 24.5 Å². The molecular weight excluding hydrogens is 224 g/mol. The standard InChI is InChI=1S/C11H16N2O2S/c1-3-15-11(14)5-4-6-12-7-10-8-16-9(2)13-10/h4-5,8,12H,3,6-7H2,1-2H3/b5-4+.